The molecule has 0 amide bonds. The molecule has 0 bridgehead atoms. The Morgan fingerprint density at radius 1 is 1.47 bits per heavy atom. The third-order valence-electron chi connectivity index (χ3n) is 3.71. The minimum Gasteiger partial charge on any atom is -0.351 e. The molecule has 2 unspecified atom stereocenters. The van der Waals surface area contributed by atoms with E-state index in [-0.39, 0.29) is 0 Å². The van der Waals surface area contributed by atoms with E-state index in [9.17, 15) is 0 Å². The van der Waals surface area contributed by atoms with Crippen molar-refractivity contribution in [3.63, 3.8) is 0 Å². The lowest BCUT2D eigenvalue weighted by molar-refractivity contribution is 0.620. The van der Waals surface area contributed by atoms with E-state index in [2.05, 4.69) is 41.2 Å². The lowest BCUT2D eigenvalue weighted by atomic mass is 10.1. The summed E-state index contributed by atoms with van der Waals surface area (Å²) in [4.78, 5) is 7.05. The number of pyridine rings is 1. The first-order valence-electron chi connectivity index (χ1n) is 6.64. The summed E-state index contributed by atoms with van der Waals surface area (Å²) in [5.41, 5.74) is 1.31. The standard InChI is InChI=1S/C14H23N3/c1-4-13-6-5-11(2)17(13)14-9-12(10-15-3)7-8-16-14/h7-9,11,13,15H,4-6,10H2,1-3H3. The minimum atomic E-state index is 0.622. The van der Waals surface area contributed by atoms with Crippen molar-refractivity contribution in [2.75, 3.05) is 11.9 Å². The van der Waals surface area contributed by atoms with Crippen LogP contribution in [-0.4, -0.2) is 24.1 Å². The normalized spacial score (nSPS) is 24.3. The average molecular weight is 233 g/mol. The zero-order chi connectivity index (χ0) is 12.3. The van der Waals surface area contributed by atoms with Gasteiger partial charge in [-0.05, 0) is 50.9 Å². The number of aromatic nitrogens is 1. The summed E-state index contributed by atoms with van der Waals surface area (Å²) in [6.45, 7) is 5.49. The van der Waals surface area contributed by atoms with Crippen LogP contribution >= 0.6 is 0 Å². The van der Waals surface area contributed by atoms with Gasteiger partial charge in [0, 0.05) is 24.8 Å². The van der Waals surface area contributed by atoms with E-state index >= 15 is 0 Å². The molecule has 1 saturated heterocycles. The van der Waals surface area contributed by atoms with Crippen molar-refractivity contribution in [2.45, 2.75) is 51.7 Å². The summed E-state index contributed by atoms with van der Waals surface area (Å²) in [6, 6.07) is 5.60. The monoisotopic (exact) mass is 233 g/mol. The van der Waals surface area contributed by atoms with Crippen LogP contribution in [0.4, 0.5) is 5.82 Å². The Balaban J connectivity index is 2.22. The molecule has 1 N–H and O–H groups in total. The molecule has 2 rings (SSSR count). The summed E-state index contributed by atoms with van der Waals surface area (Å²) in [6.07, 6.45) is 5.73. The van der Waals surface area contributed by atoms with Crippen LogP contribution in [0.1, 0.15) is 38.7 Å². The molecule has 17 heavy (non-hydrogen) atoms. The van der Waals surface area contributed by atoms with Crippen molar-refractivity contribution in [3.8, 4) is 0 Å². The first kappa shape index (κ1) is 12.4. The van der Waals surface area contributed by atoms with Crippen molar-refractivity contribution < 1.29 is 0 Å². The first-order chi connectivity index (χ1) is 8.26. The second kappa shape index (κ2) is 5.50. The van der Waals surface area contributed by atoms with E-state index in [1.54, 1.807) is 0 Å². The number of hydrogen-bond acceptors (Lipinski definition) is 3. The van der Waals surface area contributed by atoms with Gasteiger partial charge in [-0.15, -0.1) is 0 Å². The van der Waals surface area contributed by atoms with Crippen molar-refractivity contribution in [2.24, 2.45) is 0 Å². The molecule has 2 heterocycles. The predicted octanol–water partition coefficient (Wildman–Crippen LogP) is 2.57. The van der Waals surface area contributed by atoms with Gasteiger partial charge in [-0.25, -0.2) is 4.98 Å². The highest BCUT2D eigenvalue weighted by molar-refractivity contribution is 5.44. The van der Waals surface area contributed by atoms with Crippen molar-refractivity contribution in [1.29, 1.82) is 0 Å². The van der Waals surface area contributed by atoms with Crippen molar-refractivity contribution >= 4 is 5.82 Å². The third-order valence-corrected chi connectivity index (χ3v) is 3.71. The molecule has 0 saturated carbocycles. The molecule has 2 atom stereocenters. The Hall–Kier alpha value is -1.09. The fourth-order valence-corrected chi connectivity index (χ4v) is 2.80. The largest absolute Gasteiger partial charge is 0.351 e. The summed E-state index contributed by atoms with van der Waals surface area (Å²) in [5, 5.41) is 3.19. The Labute approximate surface area is 104 Å². The van der Waals surface area contributed by atoms with Gasteiger partial charge in [0.05, 0.1) is 0 Å². The van der Waals surface area contributed by atoms with E-state index in [1.165, 1.54) is 24.8 Å². The molecule has 1 aliphatic rings. The highest BCUT2D eigenvalue weighted by Gasteiger charge is 2.30. The average Bonchev–Trinajstić information content (AvgIpc) is 2.71. The Morgan fingerprint density at radius 2 is 2.29 bits per heavy atom. The number of nitrogens with zero attached hydrogens (tertiary/aromatic N) is 2. The van der Waals surface area contributed by atoms with E-state index < -0.39 is 0 Å². The maximum Gasteiger partial charge on any atom is 0.129 e. The molecule has 3 heteroatoms. The van der Waals surface area contributed by atoms with Crippen LogP contribution in [-0.2, 0) is 6.54 Å². The second-order valence-electron chi connectivity index (χ2n) is 4.95. The first-order valence-corrected chi connectivity index (χ1v) is 6.64. The van der Waals surface area contributed by atoms with Gasteiger partial charge in [0.1, 0.15) is 5.82 Å². The lowest BCUT2D eigenvalue weighted by Crippen LogP contribution is -2.34. The molecule has 1 fully saturated rings. The van der Waals surface area contributed by atoms with Gasteiger partial charge in [-0.2, -0.15) is 0 Å². The lowest BCUT2D eigenvalue weighted by Gasteiger charge is -2.29. The molecule has 3 nitrogen and oxygen atoms in total. The van der Waals surface area contributed by atoms with E-state index in [4.69, 9.17) is 0 Å². The van der Waals surface area contributed by atoms with Crippen molar-refractivity contribution in [1.82, 2.24) is 10.3 Å². The van der Waals surface area contributed by atoms with E-state index in [1.807, 2.05) is 13.2 Å². The molecule has 1 aromatic heterocycles. The van der Waals surface area contributed by atoms with Crippen LogP contribution in [0.5, 0.6) is 0 Å². The molecular formula is C14H23N3. The smallest absolute Gasteiger partial charge is 0.129 e. The topological polar surface area (TPSA) is 28.2 Å². The summed E-state index contributed by atoms with van der Waals surface area (Å²) < 4.78 is 0. The van der Waals surface area contributed by atoms with Gasteiger partial charge in [0.2, 0.25) is 0 Å². The molecule has 94 valence electrons. The Morgan fingerprint density at radius 3 is 3.00 bits per heavy atom. The Kier molecular flexibility index (Phi) is 4.00. The van der Waals surface area contributed by atoms with Gasteiger partial charge >= 0.3 is 0 Å². The number of hydrogen-bond donors (Lipinski definition) is 1. The van der Waals surface area contributed by atoms with E-state index in [0.717, 1.165) is 12.4 Å². The molecule has 0 spiro atoms. The molecule has 0 radical (unpaired) electrons. The molecule has 1 aliphatic heterocycles. The maximum atomic E-state index is 4.55. The summed E-state index contributed by atoms with van der Waals surface area (Å²) in [7, 11) is 1.98. The van der Waals surface area contributed by atoms with Crippen LogP contribution in [0.3, 0.4) is 0 Å². The molecule has 1 aromatic rings. The minimum absolute atomic E-state index is 0.622. The predicted molar refractivity (Wildman–Crippen MR) is 72.3 cm³/mol. The fraction of sp³-hybridized carbons (Fsp3) is 0.643. The van der Waals surface area contributed by atoms with E-state index in [0.29, 0.717) is 12.1 Å². The van der Waals surface area contributed by atoms with Gasteiger partial charge in [-0.3, -0.25) is 0 Å². The van der Waals surface area contributed by atoms with Gasteiger partial charge in [-0.1, -0.05) is 6.92 Å². The van der Waals surface area contributed by atoms with Crippen molar-refractivity contribution in [3.05, 3.63) is 23.9 Å². The summed E-state index contributed by atoms with van der Waals surface area (Å²) >= 11 is 0. The quantitative estimate of drug-likeness (QED) is 0.866. The molecule has 0 aliphatic carbocycles. The van der Waals surface area contributed by atoms with Gasteiger partial charge in [0.25, 0.3) is 0 Å². The Bertz CT molecular complexity index is 364. The van der Waals surface area contributed by atoms with Crippen LogP contribution in [0.2, 0.25) is 0 Å². The molecular weight excluding hydrogens is 210 g/mol. The van der Waals surface area contributed by atoms with Gasteiger partial charge < -0.3 is 10.2 Å². The van der Waals surface area contributed by atoms with Crippen LogP contribution in [0.15, 0.2) is 18.3 Å². The highest BCUT2D eigenvalue weighted by Crippen LogP contribution is 2.30. The van der Waals surface area contributed by atoms with Crippen LogP contribution < -0.4 is 10.2 Å². The van der Waals surface area contributed by atoms with Gasteiger partial charge in [0.15, 0.2) is 0 Å². The zero-order valence-corrected chi connectivity index (χ0v) is 11.1. The second-order valence-corrected chi connectivity index (χ2v) is 4.95. The number of rotatable bonds is 4. The number of anilines is 1. The zero-order valence-electron chi connectivity index (χ0n) is 11.1. The van der Waals surface area contributed by atoms with Crippen LogP contribution in [0.25, 0.3) is 0 Å². The number of nitrogens with one attached hydrogen (secondary N) is 1. The maximum absolute atomic E-state index is 4.55. The SMILES string of the molecule is CCC1CCC(C)N1c1cc(CNC)ccn1. The summed E-state index contributed by atoms with van der Waals surface area (Å²) in [5.74, 6) is 1.15. The highest BCUT2D eigenvalue weighted by atomic mass is 15.3. The molecule has 0 aromatic carbocycles. The fourth-order valence-electron chi connectivity index (χ4n) is 2.80. The van der Waals surface area contributed by atoms with Crippen LogP contribution in [0, 0.1) is 0 Å². The third kappa shape index (κ3) is 2.60.